The summed E-state index contributed by atoms with van der Waals surface area (Å²) in [6, 6.07) is 0. The zero-order valence-corrected chi connectivity index (χ0v) is 13.4. The number of hydrogen-bond acceptors (Lipinski definition) is 9. The number of nitrogens with zero attached hydrogens (tertiary/aromatic N) is 1. The molecule has 0 saturated carbocycles. The van der Waals surface area contributed by atoms with Gasteiger partial charge in [0, 0.05) is 0 Å². The average molecular weight is 325 g/mol. The van der Waals surface area contributed by atoms with Crippen LogP contribution in [0.5, 0.6) is 0 Å². The minimum absolute atomic E-state index is 0.0285. The summed E-state index contributed by atoms with van der Waals surface area (Å²) in [5, 5.41) is 16.1. The molecule has 9 heteroatoms. The molecule has 0 bridgehead atoms. The molecule has 0 heterocycles. The Hall–Kier alpha value is -0.810. The summed E-state index contributed by atoms with van der Waals surface area (Å²) >= 11 is 0. The van der Waals surface area contributed by atoms with Crippen LogP contribution in [0.1, 0.15) is 27.2 Å². The van der Waals surface area contributed by atoms with E-state index in [-0.39, 0.29) is 31.0 Å². The average Bonchev–Trinajstić information content (AvgIpc) is 2.37. The lowest BCUT2D eigenvalue weighted by atomic mass is 10.2. The fourth-order valence-corrected chi connectivity index (χ4v) is 1.27. The van der Waals surface area contributed by atoms with Crippen molar-refractivity contribution in [1.29, 1.82) is 0 Å². The van der Waals surface area contributed by atoms with Crippen LogP contribution in [0.4, 0.5) is 0 Å². The first-order valence-electron chi connectivity index (χ1n) is 7.07. The van der Waals surface area contributed by atoms with E-state index in [1.54, 1.807) is 0 Å². The maximum atomic E-state index is 11.4. The summed E-state index contributed by atoms with van der Waals surface area (Å²) < 4.78 is 20.7. The lowest BCUT2D eigenvalue weighted by molar-refractivity contribution is -0.493. The summed E-state index contributed by atoms with van der Waals surface area (Å²) in [4.78, 5) is 15.7. The van der Waals surface area contributed by atoms with Gasteiger partial charge in [-0.25, -0.2) is 4.84 Å². The van der Waals surface area contributed by atoms with E-state index in [1.165, 1.54) is 0 Å². The standard InChI is InChI=1S/C13H27NO8/c1-13(2,3)22-12(15)4-5-18-6-7-19-8-9-20-10-11-21-14(16)17/h16-17H,4-11H2,1-3H3. The van der Waals surface area contributed by atoms with Gasteiger partial charge in [0.05, 0.1) is 58.1 Å². The second-order valence-electron chi connectivity index (χ2n) is 5.26. The van der Waals surface area contributed by atoms with E-state index in [0.717, 1.165) is 0 Å². The summed E-state index contributed by atoms with van der Waals surface area (Å²) in [6.07, 6.45) is 0.215. The third-order valence-corrected chi connectivity index (χ3v) is 2.05. The van der Waals surface area contributed by atoms with Gasteiger partial charge in [0.25, 0.3) is 0 Å². The third kappa shape index (κ3) is 17.2. The van der Waals surface area contributed by atoms with Crippen LogP contribution in [0.25, 0.3) is 0 Å². The minimum atomic E-state index is -0.474. The fourth-order valence-electron chi connectivity index (χ4n) is 1.27. The van der Waals surface area contributed by atoms with Gasteiger partial charge in [-0.1, -0.05) is 0 Å². The summed E-state index contributed by atoms with van der Waals surface area (Å²) in [5.41, 5.74) is -0.474. The van der Waals surface area contributed by atoms with E-state index >= 15 is 0 Å². The van der Waals surface area contributed by atoms with Crippen molar-refractivity contribution in [2.24, 2.45) is 0 Å². The van der Waals surface area contributed by atoms with E-state index in [2.05, 4.69) is 4.84 Å². The molecule has 0 aromatic heterocycles. The van der Waals surface area contributed by atoms with Crippen molar-refractivity contribution in [2.75, 3.05) is 46.2 Å². The third-order valence-electron chi connectivity index (χ3n) is 2.05. The van der Waals surface area contributed by atoms with Gasteiger partial charge in [-0.15, -0.1) is 0 Å². The zero-order chi connectivity index (χ0) is 16.8. The number of carbonyl (C=O) groups excluding carboxylic acids is 1. The van der Waals surface area contributed by atoms with Crippen LogP contribution >= 0.6 is 0 Å². The second-order valence-corrected chi connectivity index (χ2v) is 5.26. The number of rotatable bonds is 13. The highest BCUT2D eigenvalue weighted by Gasteiger charge is 2.15. The van der Waals surface area contributed by atoms with Crippen LogP contribution in [0.2, 0.25) is 0 Å². The number of carbonyl (C=O) groups is 1. The molecule has 22 heavy (non-hydrogen) atoms. The first-order valence-corrected chi connectivity index (χ1v) is 7.07. The van der Waals surface area contributed by atoms with Crippen molar-refractivity contribution in [3.63, 3.8) is 0 Å². The predicted molar refractivity (Wildman–Crippen MR) is 74.3 cm³/mol. The van der Waals surface area contributed by atoms with E-state index in [1.807, 2.05) is 20.8 Å². The summed E-state index contributed by atoms with van der Waals surface area (Å²) in [5.74, 6) is -0.284. The molecule has 0 fully saturated rings. The Kier molecular flexibility index (Phi) is 12.2. The van der Waals surface area contributed by atoms with Crippen molar-refractivity contribution in [1.82, 2.24) is 5.39 Å². The van der Waals surface area contributed by atoms with Gasteiger partial charge < -0.3 is 18.9 Å². The first-order chi connectivity index (χ1) is 10.3. The molecule has 0 aliphatic carbocycles. The molecule has 0 unspecified atom stereocenters. The number of esters is 1. The molecule has 0 aromatic rings. The molecule has 2 N–H and O–H groups in total. The molecule has 132 valence electrons. The van der Waals surface area contributed by atoms with Crippen LogP contribution in [0.15, 0.2) is 0 Å². The van der Waals surface area contributed by atoms with E-state index in [4.69, 9.17) is 29.4 Å². The van der Waals surface area contributed by atoms with Crippen molar-refractivity contribution < 1.29 is 39.0 Å². The summed E-state index contributed by atoms with van der Waals surface area (Å²) in [7, 11) is 0. The lowest BCUT2D eigenvalue weighted by Gasteiger charge is -2.19. The largest absolute Gasteiger partial charge is 0.460 e. The van der Waals surface area contributed by atoms with E-state index in [9.17, 15) is 4.79 Å². The Morgan fingerprint density at radius 1 is 0.864 bits per heavy atom. The maximum absolute atomic E-state index is 11.4. The van der Waals surface area contributed by atoms with Crippen LogP contribution in [-0.2, 0) is 28.6 Å². The van der Waals surface area contributed by atoms with Gasteiger partial charge in [-0.2, -0.15) is 0 Å². The Labute approximate surface area is 130 Å². The van der Waals surface area contributed by atoms with Gasteiger partial charge >= 0.3 is 5.97 Å². The van der Waals surface area contributed by atoms with Crippen molar-refractivity contribution >= 4 is 5.97 Å². The molecule has 0 rings (SSSR count). The molecule has 0 amide bonds. The second kappa shape index (κ2) is 12.7. The van der Waals surface area contributed by atoms with Gasteiger partial charge in [0.15, 0.2) is 0 Å². The minimum Gasteiger partial charge on any atom is -0.460 e. The predicted octanol–water partition coefficient (Wildman–Crippen LogP) is 0.780. The topological polar surface area (TPSA) is 107 Å². The quantitative estimate of drug-likeness (QED) is 0.288. The molecule has 0 atom stereocenters. The fraction of sp³-hybridized carbons (Fsp3) is 0.923. The SMILES string of the molecule is CC(C)(C)OC(=O)CCOCCOCCOCCON(O)O. The molecule has 0 saturated heterocycles. The van der Waals surface area contributed by atoms with Crippen LogP contribution in [-0.4, -0.2) is 73.6 Å². The highest BCUT2D eigenvalue weighted by atomic mass is 17.1. The molecular weight excluding hydrogens is 298 g/mol. The lowest BCUT2D eigenvalue weighted by Crippen LogP contribution is -2.24. The summed E-state index contributed by atoms with van der Waals surface area (Å²) in [6.45, 7) is 7.52. The number of hydrogen-bond donors (Lipinski definition) is 2. The Morgan fingerprint density at radius 3 is 1.77 bits per heavy atom. The highest BCUT2D eigenvalue weighted by Crippen LogP contribution is 2.07. The Morgan fingerprint density at radius 2 is 1.32 bits per heavy atom. The van der Waals surface area contributed by atoms with Crippen molar-refractivity contribution in [3.05, 3.63) is 0 Å². The monoisotopic (exact) mass is 325 g/mol. The first kappa shape index (κ1) is 21.2. The Balaban J connectivity index is 3.19. The zero-order valence-electron chi connectivity index (χ0n) is 13.4. The smallest absolute Gasteiger partial charge is 0.308 e. The number of ether oxygens (including phenoxy) is 4. The van der Waals surface area contributed by atoms with Gasteiger partial charge in [0.1, 0.15) is 5.60 Å². The molecule has 0 radical (unpaired) electrons. The normalized spacial score (nSPS) is 11.9. The van der Waals surface area contributed by atoms with Crippen molar-refractivity contribution in [3.8, 4) is 0 Å². The molecular formula is C13H27NO8. The van der Waals surface area contributed by atoms with Gasteiger partial charge in [-0.05, 0) is 20.8 Å². The van der Waals surface area contributed by atoms with E-state index in [0.29, 0.717) is 33.0 Å². The molecule has 0 spiro atoms. The van der Waals surface area contributed by atoms with Crippen LogP contribution in [0.3, 0.4) is 0 Å². The maximum Gasteiger partial charge on any atom is 0.308 e. The Bertz CT molecular complexity index is 280. The van der Waals surface area contributed by atoms with Crippen LogP contribution in [0, 0.1) is 0 Å². The van der Waals surface area contributed by atoms with Gasteiger partial charge in [0.2, 0.25) is 0 Å². The molecule has 0 aromatic carbocycles. The highest BCUT2D eigenvalue weighted by molar-refractivity contribution is 5.69. The van der Waals surface area contributed by atoms with Crippen molar-refractivity contribution in [2.45, 2.75) is 32.8 Å². The molecule has 0 aliphatic rings. The van der Waals surface area contributed by atoms with Crippen LogP contribution < -0.4 is 0 Å². The van der Waals surface area contributed by atoms with E-state index < -0.39 is 5.60 Å². The molecule has 9 nitrogen and oxygen atoms in total. The molecule has 0 aliphatic heterocycles. The van der Waals surface area contributed by atoms with Gasteiger partial charge in [-0.3, -0.25) is 15.2 Å².